The van der Waals surface area contributed by atoms with Crippen molar-refractivity contribution in [3.05, 3.63) is 158 Å². The van der Waals surface area contributed by atoms with Crippen molar-refractivity contribution in [3.63, 3.8) is 0 Å². The molecule has 0 amide bonds. The summed E-state index contributed by atoms with van der Waals surface area (Å²) in [5.41, 5.74) is 10.4. The number of furan rings is 1. The molecule has 0 unspecified atom stereocenters. The highest BCUT2D eigenvalue weighted by Crippen LogP contribution is 2.46. The number of hydrogen-bond donors (Lipinski definition) is 0. The van der Waals surface area contributed by atoms with E-state index < -0.39 is 0 Å². The largest absolute Gasteiger partial charge is 0.456 e. The number of hydrogen-bond acceptors (Lipinski definition) is 3. The number of rotatable bonds is 2. The summed E-state index contributed by atoms with van der Waals surface area (Å²) in [6.07, 6.45) is 0. The average molecular weight is 675 g/mol. The second-order valence-corrected chi connectivity index (χ2v) is 14.1. The van der Waals surface area contributed by atoms with Crippen LogP contribution in [0.4, 0.5) is 0 Å². The molecular formula is C48H26N4O. The zero-order valence-electron chi connectivity index (χ0n) is 28.2. The highest BCUT2D eigenvalue weighted by molar-refractivity contribution is 6.34. The third-order valence-corrected chi connectivity index (χ3v) is 11.4. The molecule has 0 spiro atoms. The van der Waals surface area contributed by atoms with E-state index in [-0.39, 0.29) is 0 Å². The van der Waals surface area contributed by atoms with Crippen LogP contribution in [0.1, 0.15) is 0 Å². The summed E-state index contributed by atoms with van der Waals surface area (Å²) in [7, 11) is 0. The zero-order valence-corrected chi connectivity index (χ0v) is 28.2. The van der Waals surface area contributed by atoms with Crippen molar-refractivity contribution in [2.24, 2.45) is 0 Å². The predicted molar refractivity (Wildman–Crippen MR) is 219 cm³/mol. The molecule has 0 radical (unpaired) electrons. The second-order valence-electron chi connectivity index (χ2n) is 14.1. The van der Waals surface area contributed by atoms with Gasteiger partial charge in [-0.1, -0.05) is 115 Å². The van der Waals surface area contributed by atoms with Crippen molar-refractivity contribution in [3.8, 4) is 17.2 Å². The summed E-state index contributed by atoms with van der Waals surface area (Å²) in [5, 5.41) is 12.9. The van der Waals surface area contributed by atoms with Gasteiger partial charge in [-0.15, -0.1) is 0 Å². The molecule has 5 aromatic heterocycles. The van der Waals surface area contributed by atoms with Crippen molar-refractivity contribution in [1.29, 1.82) is 0 Å². The molecule has 0 aliphatic rings. The molecule has 13 aromatic rings. The first-order chi connectivity index (χ1) is 26.3. The molecule has 244 valence electrons. The van der Waals surface area contributed by atoms with Crippen molar-refractivity contribution < 1.29 is 4.42 Å². The van der Waals surface area contributed by atoms with Gasteiger partial charge in [-0.25, -0.2) is 9.97 Å². The summed E-state index contributed by atoms with van der Waals surface area (Å²) < 4.78 is 11.2. The van der Waals surface area contributed by atoms with Crippen LogP contribution in [-0.2, 0) is 0 Å². The zero-order chi connectivity index (χ0) is 34.4. The molecule has 0 fully saturated rings. The predicted octanol–water partition coefficient (Wildman–Crippen LogP) is 12.6. The van der Waals surface area contributed by atoms with Gasteiger partial charge in [0, 0.05) is 48.7 Å². The van der Waals surface area contributed by atoms with E-state index in [1.54, 1.807) is 0 Å². The van der Waals surface area contributed by atoms with Crippen molar-refractivity contribution in [2.75, 3.05) is 0 Å². The van der Waals surface area contributed by atoms with Gasteiger partial charge in [0.25, 0.3) is 0 Å². The van der Waals surface area contributed by atoms with Crippen LogP contribution in [0.3, 0.4) is 0 Å². The van der Waals surface area contributed by atoms with E-state index in [0.717, 1.165) is 71.6 Å². The molecule has 8 aromatic carbocycles. The Morgan fingerprint density at radius 1 is 0.396 bits per heavy atom. The summed E-state index contributed by atoms with van der Waals surface area (Å²) in [4.78, 5) is 10.9. The smallest absolute Gasteiger partial charge is 0.235 e. The minimum Gasteiger partial charge on any atom is -0.456 e. The number of nitrogens with zero attached hydrogens (tertiary/aromatic N) is 4. The average Bonchev–Trinajstić information content (AvgIpc) is 3.85. The third-order valence-electron chi connectivity index (χ3n) is 11.4. The molecule has 13 rings (SSSR count). The van der Waals surface area contributed by atoms with Gasteiger partial charge in [-0.2, -0.15) is 0 Å². The maximum Gasteiger partial charge on any atom is 0.235 e. The molecule has 0 saturated carbocycles. The summed E-state index contributed by atoms with van der Waals surface area (Å²) >= 11 is 0. The topological polar surface area (TPSA) is 48.3 Å². The highest BCUT2D eigenvalue weighted by Gasteiger charge is 2.25. The van der Waals surface area contributed by atoms with Gasteiger partial charge in [0.1, 0.15) is 11.2 Å². The van der Waals surface area contributed by atoms with Crippen LogP contribution in [0.2, 0.25) is 0 Å². The normalized spacial score (nSPS) is 12.5. The SMILES string of the molecule is c1ccc(-c2nc(-n3c4cccc5c6cccc7c8c9c(ccc8n(c8cccc3c8c54)c67)oc3ccccc39)nc3ccc4ccccc4c23)cc1. The van der Waals surface area contributed by atoms with Crippen molar-refractivity contribution >= 4 is 104 Å². The maximum atomic E-state index is 6.41. The first-order valence-electron chi connectivity index (χ1n) is 18.0. The molecule has 5 heteroatoms. The van der Waals surface area contributed by atoms with Gasteiger partial charge in [0.2, 0.25) is 5.95 Å². The maximum absolute atomic E-state index is 6.41. The molecule has 0 aliphatic heterocycles. The fraction of sp³-hybridized carbons (Fsp3) is 0. The number of benzene rings is 8. The van der Waals surface area contributed by atoms with Gasteiger partial charge in [0.05, 0.1) is 38.8 Å². The van der Waals surface area contributed by atoms with Crippen LogP contribution in [0.25, 0.3) is 121 Å². The molecule has 0 saturated heterocycles. The van der Waals surface area contributed by atoms with Crippen LogP contribution < -0.4 is 0 Å². The van der Waals surface area contributed by atoms with E-state index in [1.807, 2.05) is 6.07 Å². The van der Waals surface area contributed by atoms with Gasteiger partial charge in [-0.05, 0) is 58.6 Å². The summed E-state index contributed by atoms with van der Waals surface area (Å²) in [6.45, 7) is 0. The molecule has 0 bridgehead atoms. The van der Waals surface area contributed by atoms with Crippen molar-refractivity contribution in [1.82, 2.24) is 18.9 Å². The molecule has 0 aliphatic carbocycles. The minimum atomic E-state index is 0.656. The van der Waals surface area contributed by atoms with Gasteiger partial charge < -0.3 is 8.82 Å². The Hall–Kier alpha value is -7.24. The molecule has 0 N–H and O–H groups in total. The van der Waals surface area contributed by atoms with Crippen LogP contribution in [-0.4, -0.2) is 18.9 Å². The van der Waals surface area contributed by atoms with Gasteiger partial charge in [0.15, 0.2) is 0 Å². The lowest BCUT2D eigenvalue weighted by Crippen LogP contribution is -2.04. The molecule has 5 nitrogen and oxygen atoms in total. The Labute approximate surface area is 300 Å². The third kappa shape index (κ3) is 3.42. The Morgan fingerprint density at radius 2 is 1.08 bits per heavy atom. The first kappa shape index (κ1) is 27.5. The first-order valence-corrected chi connectivity index (χ1v) is 18.0. The van der Waals surface area contributed by atoms with E-state index in [0.29, 0.717) is 5.95 Å². The summed E-state index contributed by atoms with van der Waals surface area (Å²) in [5.74, 6) is 0.656. The van der Waals surface area contributed by atoms with Crippen LogP contribution in [0, 0.1) is 0 Å². The standard InChI is InChI=1S/C48H26N4O/c1-2-12-28(13-3-1)46-41-29-14-5-4-11-27(29)23-24-34(41)49-48(50-46)52-35-19-9-16-30-31-17-8-18-33-43-38(25-26-40-44(43)32-15-6-7-22-39(32)53-40)51(47(31)33)36-20-10-21-37(52)45(36)42(30)35/h1-26H. The van der Waals surface area contributed by atoms with E-state index in [2.05, 4.69) is 161 Å². The molecule has 0 atom stereocenters. The fourth-order valence-electron chi connectivity index (χ4n) is 9.35. The summed E-state index contributed by atoms with van der Waals surface area (Å²) in [6, 6.07) is 56.2. The lowest BCUT2D eigenvalue weighted by Gasteiger charge is -2.13. The monoisotopic (exact) mass is 674 g/mol. The number of fused-ring (bicyclic) bond motifs is 12. The van der Waals surface area contributed by atoms with Crippen LogP contribution in [0.15, 0.2) is 162 Å². The lowest BCUT2D eigenvalue weighted by atomic mass is 10.0. The Morgan fingerprint density at radius 3 is 2.00 bits per heavy atom. The minimum absolute atomic E-state index is 0.656. The van der Waals surface area contributed by atoms with E-state index in [4.69, 9.17) is 14.4 Å². The Bertz CT molecular complexity index is 3680. The fourth-order valence-corrected chi connectivity index (χ4v) is 9.35. The van der Waals surface area contributed by atoms with E-state index in [9.17, 15) is 0 Å². The van der Waals surface area contributed by atoms with E-state index >= 15 is 0 Å². The number of aromatic nitrogens is 4. The second kappa shape index (κ2) is 9.75. The highest BCUT2D eigenvalue weighted by atomic mass is 16.3. The molecule has 53 heavy (non-hydrogen) atoms. The van der Waals surface area contributed by atoms with E-state index in [1.165, 1.54) is 43.2 Å². The molecule has 5 heterocycles. The Kier molecular flexibility index (Phi) is 5.06. The Balaban J connectivity index is 1.23. The van der Waals surface area contributed by atoms with Gasteiger partial charge in [-0.3, -0.25) is 4.57 Å². The number of para-hydroxylation sites is 2. The lowest BCUT2D eigenvalue weighted by molar-refractivity contribution is 0.669. The van der Waals surface area contributed by atoms with Crippen molar-refractivity contribution in [2.45, 2.75) is 0 Å². The van der Waals surface area contributed by atoms with Gasteiger partial charge >= 0.3 is 0 Å². The quantitative estimate of drug-likeness (QED) is 0.172. The van der Waals surface area contributed by atoms with Crippen LogP contribution in [0.5, 0.6) is 0 Å². The van der Waals surface area contributed by atoms with Crippen LogP contribution >= 0.6 is 0 Å². The molecular weight excluding hydrogens is 649 g/mol.